The Hall–Kier alpha value is -0.410. The molecule has 1 heterocycles. The van der Waals surface area contributed by atoms with Gasteiger partial charge >= 0.3 is 0 Å². The van der Waals surface area contributed by atoms with Gasteiger partial charge in [-0.15, -0.1) is 11.3 Å². The fourth-order valence-electron chi connectivity index (χ4n) is 2.57. The monoisotopic (exact) mass is 239 g/mol. The fraction of sp³-hybridized carbons (Fsp3) is 0.769. The second-order valence-corrected chi connectivity index (χ2v) is 6.36. The maximum atomic E-state index is 10.6. The number of aromatic nitrogens is 1. The smallest absolute Gasteiger partial charge is 0.0897 e. The molecule has 0 bridgehead atoms. The molecule has 1 aliphatic rings. The van der Waals surface area contributed by atoms with Crippen LogP contribution in [0.25, 0.3) is 0 Å². The second kappa shape index (κ2) is 4.84. The minimum atomic E-state index is -0.495. The van der Waals surface area contributed by atoms with E-state index < -0.39 is 5.60 Å². The van der Waals surface area contributed by atoms with Crippen molar-refractivity contribution in [2.75, 3.05) is 0 Å². The van der Waals surface area contributed by atoms with Crippen molar-refractivity contribution >= 4 is 11.3 Å². The molecule has 1 fully saturated rings. The number of nitrogens with zero attached hydrogens (tertiary/aromatic N) is 1. The summed E-state index contributed by atoms with van der Waals surface area (Å²) in [7, 11) is 0. The van der Waals surface area contributed by atoms with E-state index in [1.807, 2.05) is 6.92 Å². The molecule has 0 saturated heterocycles. The van der Waals surface area contributed by atoms with Crippen LogP contribution in [-0.2, 0) is 6.42 Å². The largest absolute Gasteiger partial charge is 0.389 e. The highest BCUT2D eigenvalue weighted by molar-refractivity contribution is 7.09. The van der Waals surface area contributed by atoms with Gasteiger partial charge < -0.3 is 5.11 Å². The summed E-state index contributed by atoms with van der Waals surface area (Å²) >= 11 is 1.68. The van der Waals surface area contributed by atoms with E-state index >= 15 is 0 Å². The van der Waals surface area contributed by atoms with Crippen LogP contribution in [0.3, 0.4) is 0 Å². The van der Waals surface area contributed by atoms with E-state index in [0.717, 1.165) is 48.7 Å². The van der Waals surface area contributed by atoms with Crippen LogP contribution in [0.15, 0.2) is 5.38 Å². The van der Waals surface area contributed by atoms with Gasteiger partial charge in [0.1, 0.15) is 0 Å². The highest BCUT2D eigenvalue weighted by Gasteiger charge is 2.30. The maximum Gasteiger partial charge on any atom is 0.0897 e. The van der Waals surface area contributed by atoms with Gasteiger partial charge in [0.05, 0.1) is 16.3 Å². The average Bonchev–Trinajstić information content (AvgIpc) is 2.53. The summed E-state index contributed by atoms with van der Waals surface area (Å²) in [5.41, 5.74) is 0.574. The number of aryl methyl sites for hydroxylation is 1. The Labute approximate surface area is 102 Å². The quantitative estimate of drug-likeness (QED) is 0.803. The molecule has 0 aliphatic heterocycles. The topological polar surface area (TPSA) is 33.1 Å². The lowest BCUT2D eigenvalue weighted by Crippen LogP contribution is -2.30. The molecule has 0 aromatic carbocycles. The van der Waals surface area contributed by atoms with Gasteiger partial charge in [-0.1, -0.05) is 19.8 Å². The molecular formula is C13H21NOS. The molecule has 2 nitrogen and oxygen atoms in total. The molecule has 0 spiro atoms. The molecule has 2 atom stereocenters. The Balaban J connectivity index is 2.01. The van der Waals surface area contributed by atoms with Gasteiger partial charge in [-0.2, -0.15) is 0 Å². The van der Waals surface area contributed by atoms with Gasteiger partial charge in [-0.25, -0.2) is 4.98 Å². The van der Waals surface area contributed by atoms with Crippen molar-refractivity contribution in [2.45, 2.75) is 58.0 Å². The van der Waals surface area contributed by atoms with Crippen molar-refractivity contribution in [1.29, 1.82) is 0 Å². The van der Waals surface area contributed by atoms with Crippen LogP contribution in [0.1, 0.15) is 49.7 Å². The van der Waals surface area contributed by atoms with Crippen LogP contribution in [0, 0.1) is 12.8 Å². The molecule has 3 heteroatoms. The molecule has 1 aromatic rings. The zero-order chi connectivity index (χ0) is 11.6. The van der Waals surface area contributed by atoms with E-state index in [1.165, 1.54) is 6.42 Å². The number of rotatable bonds is 2. The number of aliphatic hydroxyl groups is 1. The first-order chi connectivity index (χ1) is 7.57. The fourth-order valence-corrected chi connectivity index (χ4v) is 3.18. The van der Waals surface area contributed by atoms with Crippen molar-refractivity contribution in [3.05, 3.63) is 16.1 Å². The van der Waals surface area contributed by atoms with E-state index in [0.29, 0.717) is 0 Å². The van der Waals surface area contributed by atoms with Crippen molar-refractivity contribution in [1.82, 2.24) is 4.98 Å². The van der Waals surface area contributed by atoms with Crippen molar-refractivity contribution in [3.63, 3.8) is 0 Å². The van der Waals surface area contributed by atoms with Crippen LogP contribution in [-0.4, -0.2) is 15.7 Å². The average molecular weight is 239 g/mol. The summed E-state index contributed by atoms with van der Waals surface area (Å²) < 4.78 is 0. The summed E-state index contributed by atoms with van der Waals surface area (Å²) in [6, 6.07) is 0. The normalized spacial score (nSPS) is 31.3. The van der Waals surface area contributed by atoms with Gasteiger partial charge in [-0.3, -0.25) is 0 Å². The lowest BCUT2D eigenvalue weighted by atomic mass is 9.89. The van der Waals surface area contributed by atoms with E-state index in [1.54, 1.807) is 11.3 Å². The standard InChI is InChI=1S/C13H21NOS/c1-10-4-3-6-13(15,7-5-10)8-12-9-16-11(2)14-12/h9-10,15H,3-8H2,1-2H3. The van der Waals surface area contributed by atoms with Crippen LogP contribution in [0.5, 0.6) is 0 Å². The Kier molecular flexibility index (Phi) is 3.65. The third-order valence-electron chi connectivity index (χ3n) is 3.62. The van der Waals surface area contributed by atoms with Gasteiger partial charge in [0.2, 0.25) is 0 Å². The minimum absolute atomic E-state index is 0.495. The van der Waals surface area contributed by atoms with E-state index in [4.69, 9.17) is 0 Å². The lowest BCUT2D eigenvalue weighted by molar-refractivity contribution is 0.0236. The third-order valence-corrected chi connectivity index (χ3v) is 4.44. The van der Waals surface area contributed by atoms with Crippen molar-refractivity contribution in [2.24, 2.45) is 5.92 Å². The predicted molar refractivity (Wildman–Crippen MR) is 67.8 cm³/mol. The van der Waals surface area contributed by atoms with E-state index in [9.17, 15) is 5.11 Å². The molecule has 2 unspecified atom stereocenters. The molecule has 1 aliphatic carbocycles. The van der Waals surface area contributed by atoms with E-state index in [2.05, 4.69) is 17.3 Å². The Morgan fingerprint density at radius 1 is 1.50 bits per heavy atom. The zero-order valence-corrected chi connectivity index (χ0v) is 11.0. The van der Waals surface area contributed by atoms with Crippen molar-refractivity contribution < 1.29 is 5.11 Å². The maximum absolute atomic E-state index is 10.6. The molecule has 90 valence electrons. The van der Waals surface area contributed by atoms with Crippen molar-refractivity contribution in [3.8, 4) is 0 Å². The van der Waals surface area contributed by atoms with Crippen LogP contribution in [0.4, 0.5) is 0 Å². The van der Waals surface area contributed by atoms with Crippen LogP contribution < -0.4 is 0 Å². The first-order valence-corrected chi connectivity index (χ1v) is 7.09. The first-order valence-electron chi connectivity index (χ1n) is 6.21. The highest BCUT2D eigenvalue weighted by Crippen LogP contribution is 2.32. The Morgan fingerprint density at radius 3 is 3.00 bits per heavy atom. The summed E-state index contributed by atoms with van der Waals surface area (Å²) in [5.74, 6) is 0.770. The SMILES string of the molecule is Cc1nc(CC2(O)CCCC(C)CC2)cs1. The van der Waals surface area contributed by atoms with Crippen LogP contribution in [0.2, 0.25) is 0 Å². The lowest BCUT2D eigenvalue weighted by Gasteiger charge is -2.25. The molecule has 0 radical (unpaired) electrons. The minimum Gasteiger partial charge on any atom is -0.389 e. The third kappa shape index (κ3) is 3.05. The highest BCUT2D eigenvalue weighted by atomic mass is 32.1. The molecule has 1 saturated carbocycles. The first kappa shape index (κ1) is 12.1. The van der Waals surface area contributed by atoms with Gasteiger partial charge in [0.25, 0.3) is 0 Å². The number of hydrogen-bond donors (Lipinski definition) is 1. The second-order valence-electron chi connectivity index (χ2n) is 5.30. The summed E-state index contributed by atoms with van der Waals surface area (Å²) in [5, 5.41) is 13.8. The predicted octanol–water partition coefficient (Wildman–Crippen LogP) is 3.33. The summed E-state index contributed by atoms with van der Waals surface area (Å²) in [6.45, 7) is 4.31. The van der Waals surface area contributed by atoms with Crippen LogP contribution >= 0.6 is 11.3 Å². The molecule has 1 N–H and O–H groups in total. The summed E-state index contributed by atoms with van der Waals surface area (Å²) in [6.07, 6.45) is 6.18. The Morgan fingerprint density at radius 2 is 2.31 bits per heavy atom. The molecular weight excluding hydrogens is 218 g/mol. The zero-order valence-electron chi connectivity index (χ0n) is 10.2. The van der Waals surface area contributed by atoms with Gasteiger partial charge in [0, 0.05) is 11.8 Å². The molecule has 0 amide bonds. The summed E-state index contributed by atoms with van der Waals surface area (Å²) in [4.78, 5) is 4.46. The molecule has 16 heavy (non-hydrogen) atoms. The van der Waals surface area contributed by atoms with Gasteiger partial charge in [0.15, 0.2) is 0 Å². The van der Waals surface area contributed by atoms with E-state index in [-0.39, 0.29) is 0 Å². The number of hydrogen-bond acceptors (Lipinski definition) is 3. The number of thiazole rings is 1. The molecule has 2 rings (SSSR count). The molecule has 1 aromatic heterocycles. The Bertz CT molecular complexity index is 349. The van der Waals surface area contributed by atoms with Gasteiger partial charge in [-0.05, 0) is 32.1 Å².